The van der Waals surface area contributed by atoms with Crippen LogP contribution in [0.15, 0.2) is 65.5 Å². The van der Waals surface area contributed by atoms with Crippen LogP contribution in [0.1, 0.15) is 11.3 Å². The van der Waals surface area contributed by atoms with Gasteiger partial charge in [0.05, 0.1) is 18.5 Å². The van der Waals surface area contributed by atoms with Crippen molar-refractivity contribution in [3.05, 3.63) is 82.3 Å². The van der Waals surface area contributed by atoms with E-state index >= 15 is 0 Å². The molecule has 0 radical (unpaired) electrons. The molecule has 0 spiro atoms. The fraction of sp³-hybridized carbons (Fsp3) is 0.143. The molecule has 1 aromatic heterocycles. The summed E-state index contributed by atoms with van der Waals surface area (Å²) < 4.78 is 8.41. The number of carbonyl (C=O) groups is 1. The first kappa shape index (κ1) is 18.3. The zero-order valence-corrected chi connectivity index (χ0v) is 15.5. The minimum Gasteiger partial charge on any atom is -0.497 e. The highest BCUT2D eigenvalue weighted by Crippen LogP contribution is 2.15. The van der Waals surface area contributed by atoms with E-state index in [0.717, 1.165) is 11.3 Å². The summed E-state index contributed by atoms with van der Waals surface area (Å²) in [6.45, 7) is 1.79. The molecule has 138 valence electrons. The SMILES string of the molecule is COc1cccc(/C=C/C(=O)Nc2c(C)n(C)n(-c3ccccc3)c2=O)c1. The lowest BCUT2D eigenvalue weighted by Crippen LogP contribution is -2.22. The number of methoxy groups -OCH3 is 1. The number of ether oxygens (including phenoxy) is 1. The van der Waals surface area contributed by atoms with Gasteiger partial charge in [-0.25, -0.2) is 4.68 Å². The van der Waals surface area contributed by atoms with Gasteiger partial charge in [0.25, 0.3) is 5.56 Å². The highest BCUT2D eigenvalue weighted by Gasteiger charge is 2.17. The second kappa shape index (κ2) is 7.78. The van der Waals surface area contributed by atoms with Gasteiger partial charge in [-0.15, -0.1) is 0 Å². The molecular weight excluding hydrogens is 342 g/mol. The van der Waals surface area contributed by atoms with Gasteiger partial charge in [-0.05, 0) is 42.8 Å². The third kappa shape index (κ3) is 3.84. The molecule has 0 aliphatic rings. The van der Waals surface area contributed by atoms with Crippen LogP contribution in [0.5, 0.6) is 5.75 Å². The maximum Gasteiger partial charge on any atom is 0.295 e. The molecule has 0 saturated carbocycles. The Balaban J connectivity index is 1.84. The lowest BCUT2D eigenvalue weighted by atomic mass is 10.2. The van der Waals surface area contributed by atoms with Crippen LogP contribution in [-0.2, 0) is 11.8 Å². The van der Waals surface area contributed by atoms with Crippen LogP contribution in [0.2, 0.25) is 0 Å². The zero-order valence-electron chi connectivity index (χ0n) is 15.5. The van der Waals surface area contributed by atoms with E-state index in [1.165, 1.54) is 10.8 Å². The first-order valence-corrected chi connectivity index (χ1v) is 8.48. The normalized spacial score (nSPS) is 10.9. The van der Waals surface area contributed by atoms with Crippen LogP contribution in [-0.4, -0.2) is 22.4 Å². The van der Waals surface area contributed by atoms with Crippen molar-refractivity contribution in [2.45, 2.75) is 6.92 Å². The number of hydrogen-bond acceptors (Lipinski definition) is 3. The number of anilines is 1. The summed E-state index contributed by atoms with van der Waals surface area (Å²) >= 11 is 0. The van der Waals surface area contributed by atoms with Crippen LogP contribution in [0.3, 0.4) is 0 Å². The van der Waals surface area contributed by atoms with Crippen LogP contribution in [0.4, 0.5) is 5.69 Å². The third-order valence-electron chi connectivity index (χ3n) is 4.32. The summed E-state index contributed by atoms with van der Waals surface area (Å²) in [6.07, 6.45) is 3.07. The minimum atomic E-state index is -0.371. The fourth-order valence-electron chi connectivity index (χ4n) is 2.79. The van der Waals surface area contributed by atoms with Gasteiger partial charge < -0.3 is 10.1 Å². The van der Waals surface area contributed by atoms with E-state index in [0.29, 0.717) is 11.4 Å². The fourth-order valence-corrected chi connectivity index (χ4v) is 2.79. The molecule has 0 aliphatic heterocycles. The Morgan fingerprint density at radius 1 is 1.11 bits per heavy atom. The number of benzene rings is 2. The molecule has 0 unspecified atom stereocenters. The average molecular weight is 363 g/mol. The molecule has 0 fully saturated rings. The van der Waals surface area contributed by atoms with Gasteiger partial charge in [0.15, 0.2) is 0 Å². The third-order valence-corrected chi connectivity index (χ3v) is 4.32. The van der Waals surface area contributed by atoms with Crippen LogP contribution < -0.4 is 15.6 Å². The molecule has 6 nitrogen and oxygen atoms in total. The first-order chi connectivity index (χ1) is 13.0. The molecule has 27 heavy (non-hydrogen) atoms. The van der Waals surface area contributed by atoms with E-state index in [-0.39, 0.29) is 17.2 Å². The minimum absolute atomic E-state index is 0.265. The number of nitrogens with zero attached hydrogens (tertiary/aromatic N) is 2. The molecule has 3 rings (SSSR count). The van der Waals surface area contributed by atoms with E-state index in [2.05, 4.69) is 5.32 Å². The van der Waals surface area contributed by atoms with Gasteiger partial charge >= 0.3 is 0 Å². The predicted molar refractivity (Wildman–Crippen MR) is 106 cm³/mol. The van der Waals surface area contributed by atoms with E-state index in [1.54, 1.807) is 31.8 Å². The quantitative estimate of drug-likeness (QED) is 0.708. The number of aromatic nitrogens is 2. The predicted octanol–water partition coefficient (Wildman–Crippen LogP) is 3.14. The smallest absolute Gasteiger partial charge is 0.295 e. The van der Waals surface area contributed by atoms with Gasteiger partial charge in [-0.3, -0.25) is 14.3 Å². The van der Waals surface area contributed by atoms with Gasteiger partial charge in [0, 0.05) is 13.1 Å². The van der Waals surface area contributed by atoms with Crippen molar-refractivity contribution in [3.8, 4) is 11.4 Å². The Bertz CT molecular complexity index is 1050. The van der Waals surface area contributed by atoms with Crippen molar-refractivity contribution in [1.29, 1.82) is 0 Å². The monoisotopic (exact) mass is 363 g/mol. The summed E-state index contributed by atoms with van der Waals surface area (Å²) in [5, 5.41) is 2.70. The van der Waals surface area contributed by atoms with E-state index in [4.69, 9.17) is 4.74 Å². The van der Waals surface area contributed by atoms with E-state index < -0.39 is 0 Å². The summed E-state index contributed by atoms with van der Waals surface area (Å²) in [7, 11) is 3.37. The van der Waals surface area contributed by atoms with Crippen molar-refractivity contribution in [2.24, 2.45) is 7.05 Å². The molecule has 1 amide bonds. The lowest BCUT2D eigenvalue weighted by molar-refractivity contribution is -0.111. The van der Waals surface area contributed by atoms with Crippen molar-refractivity contribution in [1.82, 2.24) is 9.36 Å². The maximum atomic E-state index is 12.8. The summed E-state index contributed by atoms with van der Waals surface area (Å²) in [4.78, 5) is 25.1. The largest absolute Gasteiger partial charge is 0.497 e. The number of hydrogen-bond donors (Lipinski definition) is 1. The van der Waals surface area contributed by atoms with Crippen molar-refractivity contribution in [2.75, 3.05) is 12.4 Å². The Morgan fingerprint density at radius 3 is 2.56 bits per heavy atom. The van der Waals surface area contributed by atoms with Crippen molar-refractivity contribution >= 4 is 17.7 Å². The van der Waals surface area contributed by atoms with Crippen molar-refractivity contribution < 1.29 is 9.53 Å². The van der Waals surface area contributed by atoms with E-state index in [1.807, 2.05) is 54.6 Å². The topological polar surface area (TPSA) is 65.3 Å². The summed E-state index contributed by atoms with van der Waals surface area (Å²) in [5.41, 5.74) is 2.23. The number of para-hydroxylation sites is 1. The Kier molecular flexibility index (Phi) is 5.26. The maximum absolute atomic E-state index is 12.8. The second-order valence-electron chi connectivity index (χ2n) is 6.04. The van der Waals surface area contributed by atoms with Crippen LogP contribution >= 0.6 is 0 Å². The molecule has 0 saturated heterocycles. The summed E-state index contributed by atoms with van der Waals surface area (Å²) in [5.74, 6) is 0.339. The lowest BCUT2D eigenvalue weighted by Gasteiger charge is -2.07. The summed E-state index contributed by atoms with van der Waals surface area (Å²) in [6, 6.07) is 16.6. The molecule has 1 N–H and O–H groups in total. The molecule has 2 aromatic carbocycles. The number of rotatable bonds is 5. The average Bonchev–Trinajstić information content (AvgIpc) is 2.90. The number of amides is 1. The van der Waals surface area contributed by atoms with Gasteiger partial charge in [-0.1, -0.05) is 30.3 Å². The molecule has 3 aromatic rings. The molecule has 0 atom stereocenters. The second-order valence-corrected chi connectivity index (χ2v) is 6.04. The van der Waals surface area contributed by atoms with E-state index in [9.17, 15) is 9.59 Å². The molecule has 6 heteroatoms. The Morgan fingerprint density at radius 2 is 1.85 bits per heavy atom. The standard InChI is InChI=1S/C21H21N3O3/c1-15-20(21(26)24(23(15)2)17-9-5-4-6-10-17)22-19(25)13-12-16-8-7-11-18(14-16)27-3/h4-14H,1-3H3,(H,22,25)/b13-12+. The van der Waals surface area contributed by atoms with Crippen LogP contribution in [0, 0.1) is 6.92 Å². The first-order valence-electron chi connectivity index (χ1n) is 8.48. The van der Waals surface area contributed by atoms with Crippen molar-refractivity contribution in [3.63, 3.8) is 0 Å². The Labute approximate surface area is 157 Å². The zero-order chi connectivity index (χ0) is 19.4. The molecule has 0 bridgehead atoms. The van der Waals surface area contributed by atoms with Gasteiger partial charge in [0.2, 0.25) is 5.91 Å². The highest BCUT2D eigenvalue weighted by atomic mass is 16.5. The number of nitrogens with one attached hydrogen (secondary N) is 1. The highest BCUT2D eigenvalue weighted by molar-refractivity contribution is 6.02. The van der Waals surface area contributed by atoms with Gasteiger partial charge in [0.1, 0.15) is 11.4 Å². The van der Waals surface area contributed by atoms with Gasteiger partial charge in [-0.2, -0.15) is 0 Å². The van der Waals surface area contributed by atoms with Crippen LogP contribution in [0.25, 0.3) is 11.8 Å². The molecule has 0 aliphatic carbocycles. The number of carbonyl (C=O) groups excluding carboxylic acids is 1. The molecular formula is C21H21N3O3. The molecule has 1 heterocycles. The Hall–Kier alpha value is -3.54.